The van der Waals surface area contributed by atoms with Gasteiger partial charge in [-0.15, -0.1) is 0 Å². The summed E-state index contributed by atoms with van der Waals surface area (Å²) in [5.74, 6) is -0.896. The second-order valence-electron chi connectivity index (χ2n) is 5.26. The summed E-state index contributed by atoms with van der Waals surface area (Å²) in [6.07, 6.45) is 1.84. The van der Waals surface area contributed by atoms with Crippen LogP contribution in [0.5, 0.6) is 0 Å². The van der Waals surface area contributed by atoms with Crippen LogP contribution >= 0.6 is 11.6 Å². The second-order valence-corrected chi connectivity index (χ2v) is 5.67. The minimum absolute atomic E-state index is 0.0373. The third kappa shape index (κ3) is 4.36. The van der Waals surface area contributed by atoms with Crippen molar-refractivity contribution in [3.8, 4) is 0 Å². The predicted molar refractivity (Wildman–Crippen MR) is 80.4 cm³/mol. The van der Waals surface area contributed by atoms with E-state index in [1.165, 1.54) is 0 Å². The zero-order chi connectivity index (χ0) is 15.4. The Morgan fingerprint density at radius 3 is 2.67 bits per heavy atom. The highest BCUT2D eigenvalue weighted by atomic mass is 35.5. The Morgan fingerprint density at radius 1 is 1.43 bits per heavy atom. The Balaban J connectivity index is 1.98. The first-order chi connectivity index (χ1) is 9.99. The number of urea groups is 1. The van der Waals surface area contributed by atoms with Crippen LogP contribution in [0.4, 0.5) is 4.79 Å². The second kappa shape index (κ2) is 6.80. The maximum Gasteiger partial charge on any atom is 0.318 e. The number of hydrogen-bond donors (Lipinski definition) is 2. The van der Waals surface area contributed by atoms with Gasteiger partial charge in [0, 0.05) is 17.6 Å². The van der Waals surface area contributed by atoms with Gasteiger partial charge >= 0.3 is 12.0 Å². The third-order valence-electron chi connectivity index (χ3n) is 3.53. The number of amides is 2. The molecule has 0 radical (unpaired) electrons. The molecule has 0 heterocycles. The molecule has 1 atom stereocenters. The normalized spacial score (nSPS) is 15.3. The Labute approximate surface area is 128 Å². The Morgan fingerprint density at radius 2 is 2.10 bits per heavy atom. The van der Waals surface area contributed by atoms with Crippen LogP contribution in [0.1, 0.15) is 37.8 Å². The monoisotopic (exact) mass is 310 g/mol. The smallest absolute Gasteiger partial charge is 0.318 e. The first-order valence-electron chi connectivity index (χ1n) is 7.02. The van der Waals surface area contributed by atoms with Crippen LogP contribution in [0.3, 0.4) is 0 Å². The van der Waals surface area contributed by atoms with Gasteiger partial charge in [-0.1, -0.05) is 29.8 Å². The number of hydrogen-bond acceptors (Lipinski definition) is 2. The molecule has 2 N–H and O–H groups in total. The van der Waals surface area contributed by atoms with Gasteiger partial charge in [-0.2, -0.15) is 0 Å². The topological polar surface area (TPSA) is 69.6 Å². The molecular formula is C15H19ClN2O3. The van der Waals surface area contributed by atoms with Gasteiger partial charge in [-0.05, 0) is 31.4 Å². The Hall–Kier alpha value is -1.75. The van der Waals surface area contributed by atoms with Crippen molar-refractivity contribution in [1.29, 1.82) is 0 Å². The van der Waals surface area contributed by atoms with Crippen molar-refractivity contribution >= 4 is 23.6 Å². The van der Waals surface area contributed by atoms with Crippen molar-refractivity contribution in [2.75, 3.05) is 6.54 Å². The van der Waals surface area contributed by atoms with Crippen LogP contribution in [-0.2, 0) is 4.79 Å². The molecule has 6 heteroatoms. The van der Waals surface area contributed by atoms with Crippen molar-refractivity contribution in [3.05, 3.63) is 34.9 Å². The molecule has 1 aliphatic rings. The fourth-order valence-corrected chi connectivity index (χ4v) is 2.52. The lowest BCUT2D eigenvalue weighted by molar-refractivity contribution is -0.137. The molecule has 1 aromatic rings. The molecular weight excluding hydrogens is 292 g/mol. The fraction of sp³-hybridized carbons (Fsp3) is 0.467. The minimum atomic E-state index is -0.896. The molecule has 0 saturated heterocycles. The maximum absolute atomic E-state index is 12.3. The summed E-state index contributed by atoms with van der Waals surface area (Å²) < 4.78 is 0. The summed E-state index contributed by atoms with van der Waals surface area (Å²) in [7, 11) is 0. The summed E-state index contributed by atoms with van der Waals surface area (Å²) in [6.45, 7) is 2.10. The van der Waals surface area contributed by atoms with Crippen LogP contribution in [-0.4, -0.2) is 34.6 Å². The van der Waals surface area contributed by atoms with E-state index in [0.717, 1.165) is 18.4 Å². The maximum atomic E-state index is 12.3. The van der Waals surface area contributed by atoms with Gasteiger partial charge in [0.15, 0.2) is 0 Å². The van der Waals surface area contributed by atoms with E-state index in [1.54, 1.807) is 11.0 Å². The molecule has 0 bridgehead atoms. The molecule has 2 amide bonds. The number of carbonyl (C=O) groups excluding carboxylic acids is 1. The van der Waals surface area contributed by atoms with Crippen molar-refractivity contribution in [3.63, 3.8) is 0 Å². The molecule has 1 unspecified atom stereocenters. The quantitative estimate of drug-likeness (QED) is 0.848. The molecule has 0 spiro atoms. The summed E-state index contributed by atoms with van der Waals surface area (Å²) in [5.41, 5.74) is 0.849. The van der Waals surface area contributed by atoms with Gasteiger partial charge in [0.05, 0.1) is 12.5 Å². The summed E-state index contributed by atoms with van der Waals surface area (Å²) >= 11 is 6.12. The molecule has 1 aromatic carbocycles. The SMILES string of the molecule is CC(NC(=O)N(CCC(=O)O)C1CC1)c1ccccc1Cl. The van der Waals surface area contributed by atoms with E-state index in [0.29, 0.717) is 5.02 Å². The van der Waals surface area contributed by atoms with Gasteiger partial charge in [0.2, 0.25) is 0 Å². The first kappa shape index (κ1) is 15.6. The highest BCUT2D eigenvalue weighted by Gasteiger charge is 2.33. The lowest BCUT2D eigenvalue weighted by Crippen LogP contribution is -2.43. The molecule has 0 aliphatic heterocycles. The van der Waals surface area contributed by atoms with Crippen molar-refractivity contribution < 1.29 is 14.7 Å². The Kier molecular flexibility index (Phi) is 5.07. The zero-order valence-corrected chi connectivity index (χ0v) is 12.6. The van der Waals surface area contributed by atoms with Crippen LogP contribution < -0.4 is 5.32 Å². The number of carboxylic acids is 1. The first-order valence-corrected chi connectivity index (χ1v) is 7.40. The van der Waals surface area contributed by atoms with Crippen LogP contribution in [0.25, 0.3) is 0 Å². The van der Waals surface area contributed by atoms with E-state index in [-0.39, 0.29) is 31.1 Å². The highest BCUT2D eigenvalue weighted by molar-refractivity contribution is 6.31. The van der Waals surface area contributed by atoms with Crippen LogP contribution in [0.2, 0.25) is 5.02 Å². The molecule has 21 heavy (non-hydrogen) atoms. The predicted octanol–water partition coefficient (Wildman–Crippen LogP) is 3.05. The lowest BCUT2D eigenvalue weighted by Gasteiger charge is -2.25. The summed E-state index contributed by atoms with van der Waals surface area (Å²) in [5, 5.41) is 12.3. The summed E-state index contributed by atoms with van der Waals surface area (Å²) in [4.78, 5) is 24.6. The van der Waals surface area contributed by atoms with Crippen LogP contribution in [0.15, 0.2) is 24.3 Å². The number of rotatable bonds is 6. The largest absolute Gasteiger partial charge is 0.481 e. The average molecular weight is 311 g/mol. The number of aliphatic carboxylic acids is 1. The van der Waals surface area contributed by atoms with Crippen molar-refractivity contribution in [2.45, 2.75) is 38.3 Å². The van der Waals surface area contributed by atoms with Gasteiger partial charge in [0.25, 0.3) is 0 Å². The van der Waals surface area contributed by atoms with Gasteiger partial charge in [-0.25, -0.2) is 4.79 Å². The van der Waals surface area contributed by atoms with E-state index in [4.69, 9.17) is 16.7 Å². The highest BCUT2D eigenvalue weighted by Crippen LogP contribution is 2.28. The molecule has 1 saturated carbocycles. The number of halogens is 1. The summed E-state index contributed by atoms with van der Waals surface area (Å²) in [6, 6.07) is 7.07. The third-order valence-corrected chi connectivity index (χ3v) is 3.87. The number of nitrogens with zero attached hydrogens (tertiary/aromatic N) is 1. The van der Waals surface area contributed by atoms with Gasteiger partial charge < -0.3 is 15.3 Å². The van der Waals surface area contributed by atoms with Crippen molar-refractivity contribution in [2.24, 2.45) is 0 Å². The number of carboxylic acid groups (broad SMARTS) is 1. The average Bonchev–Trinajstić information content (AvgIpc) is 3.23. The van der Waals surface area contributed by atoms with Crippen molar-refractivity contribution in [1.82, 2.24) is 10.2 Å². The van der Waals surface area contributed by atoms with Gasteiger partial charge in [-0.3, -0.25) is 4.79 Å². The lowest BCUT2D eigenvalue weighted by atomic mass is 10.1. The minimum Gasteiger partial charge on any atom is -0.481 e. The zero-order valence-electron chi connectivity index (χ0n) is 11.9. The molecule has 2 rings (SSSR count). The van der Waals surface area contributed by atoms with E-state index in [2.05, 4.69) is 5.32 Å². The molecule has 1 fully saturated rings. The standard InChI is InChI=1S/C15H19ClN2O3/c1-10(12-4-2-3-5-13(12)16)17-15(21)18(11-6-7-11)9-8-14(19)20/h2-5,10-11H,6-9H2,1H3,(H,17,21)(H,19,20). The molecule has 5 nitrogen and oxygen atoms in total. The van der Waals surface area contributed by atoms with Crippen LogP contribution in [0, 0.1) is 0 Å². The number of carbonyl (C=O) groups is 2. The molecule has 0 aromatic heterocycles. The van der Waals surface area contributed by atoms with Gasteiger partial charge in [0.1, 0.15) is 0 Å². The molecule has 1 aliphatic carbocycles. The van der Waals surface area contributed by atoms with E-state index in [1.807, 2.05) is 25.1 Å². The fourth-order valence-electron chi connectivity index (χ4n) is 2.22. The molecule has 114 valence electrons. The number of benzene rings is 1. The number of nitrogens with one attached hydrogen (secondary N) is 1. The van der Waals surface area contributed by atoms with E-state index < -0.39 is 5.97 Å². The van der Waals surface area contributed by atoms with E-state index >= 15 is 0 Å². The Bertz CT molecular complexity index is 531. The van der Waals surface area contributed by atoms with E-state index in [9.17, 15) is 9.59 Å².